The van der Waals surface area contributed by atoms with Crippen molar-refractivity contribution in [2.45, 2.75) is 148 Å². The molecule has 0 amide bonds. The van der Waals surface area contributed by atoms with Crippen LogP contribution in [-0.4, -0.2) is 37.0 Å². The molecule has 0 radical (unpaired) electrons. The van der Waals surface area contributed by atoms with Crippen LogP contribution in [0, 0.1) is 0 Å². The summed E-state index contributed by atoms with van der Waals surface area (Å²) in [5.74, 6) is -0.222. The Labute approximate surface area is 278 Å². The second-order valence-electron chi connectivity index (χ2n) is 11.6. The first-order valence-corrected chi connectivity index (χ1v) is 18.2. The maximum absolute atomic E-state index is 12.0. The lowest BCUT2D eigenvalue weighted by Crippen LogP contribution is -2.27. The molecule has 0 spiro atoms. The van der Waals surface area contributed by atoms with Gasteiger partial charge in [-0.3, -0.25) is 4.79 Å². The Balaban J connectivity index is 3.57. The Bertz CT molecular complexity index is 830. The normalized spacial score (nSPS) is 13.4. The number of carbonyl (C=O) groups excluding carboxylic acids is 1. The fourth-order valence-electron chi connectivity index (χ4n) is 4.54. The van der Waals surface area contributed by atoms with Crippen molar-refractivity contribution in [2.24, 2.45) is 0 Å². The molecule has 0 rings (SSSR count). The molecule has 0 aromatic carbocycles. The molecule has 0 saturated carbocycles. The molecule has 4 heteroatoms. The highest BCUT2D eigenvalue weighted by Crippen LogP contribution is 2.10. The molecule has 0 aromatic heterocycles. The number of allylic oxidation sites excluding steroid dienone is 14. The molecular weight excluding hydrogens is 556 g/mol. The van der Waals surface area contributed by atoms with E-state index in [1.807, 2.05) is 0 Å². The Morgan fingerprint density at radius 1 is 0.556 bits per heavy atom. The van der Waals surface area contributed by atoms with Crippen LogP contribution < -0.4 is 0 Å². The van der Waals surface area contributed by atoms with Crippen molar-refractivity contribution < 1.29 is 19.4 Å². The van der Waals surface area contributed by atoms with Gasteiger partial charge in [-0.15, -0.1) is 0 Å². The Morgan fingerprint density at radius 3 is 1.51 bits per heavy atom. The molecule has 0 heterocycles. The average molecular weight is 625 g/mol. The van der Waals surface area contributed by atoms with Crippen LogP contribution in [0.1, 0.15) is 142 Å². The van der Waals surface area contributed by atoms with Gasteiger partial charge in [0.25, 0.3) is 0 Å². The van der Waals surface area contributed by atoms with Gasteiger partial charge in [0.1, 0.15) is 6.10 Å². The molecule has 1 N–H and O–H groups in total. The molecule has 0 aliphatic carbocycles. The van der Waals surface area contributed by atoms with Crippen molar-refractivity contribution >= 4 is 5.97 Å². The molecule has 256 valence electrons. The number of unbranched alkanes of at least 4 members (excludes halogenated alkanes) is 10. The summed E-state index contributed by atoms with van der Waals surface area (Å²) < 4.78 is 11.0. The molecule has 0 fully saturated rings. The van der Waals surface area contributed by atoms with E-state index < -0.39 is 6.10 Å². The number of esters is 1. The summed E-state index contributed by atoms with van der Waals surface area (Å²) in [6, 6.07) is 0. The lowest BCUT2D eigenvalue weighted by atomic mass is 10.1. The van der Waals surface area contributed by atoms with Crippen LogP contribution in [0.2, 0.25) is 0 Å². The number of hydrogen-bond acceptors (Lipinski definition) is 4. The van der Waals surface area contributed by atoms with E-state index in [0.29, 0.717) is 13.0 Å². The molecule has 1 unspecified atom stereocenters. The van der Waals surface area contributed by atoms with Gasteiger partial charge in [0.05, 0.1) is 13.2 Å². The smallest absolute Gasteiger partial charge is 0.306 e. The molecule has 4 nitrogen and oxygen atoms in total. The molecule has 0 aromatic rings. The van der Waals surface area contributed by atoms with E-state index in [1.54, 1.807) is 0 Å². The summed E-state index contributed by atoms with van der Waals surface area (Å²) in [4.78, 5) is 12.0. The maximum atomic E-state index is 12.0. The fraction of sp³-hybridized carbons (Fsp3) is 0.634. The van der Waals surface area contributed by atoms with Crippen LogP contribution in [0.15, 0.2) is 85.1 Å². The van der Waals surface area contributed by atoms with Crippen molar-refractivity contribution in [1.29, 1.82) is 0 Å². The predicted molar refractivity (Wildman–Crippen MR) is 195 cm³/mol. The molecule has 0 aliphatic heterocycles. The molecule has 0 bridgehead atoms. The number of aliphatic hydroxyl groups is 1. The van der Waals surface area contributed by atoms with E-state index >= 15 is 0 Å². The van der Waals surface area contributed by atoms with Gasteiger partial charge in [-0.25, -0.2) is 0 Å². The fourth-order valence-corrected chi connectivity index (χ4v) is 4.54. The minimum Gasteiger partial charge on any atom is -0.457 e. The second-order valence-corrected chi connectivity index (χ2v) is 11.6. The van der Waals surface area contributed by atoms with Gasteiger partial charge >= 0.3 is 5.97 Å². The van der Waals surface area contributed by atoms with Gasteiger partial charge < -0.3 is 14.6 Å². The highest BCUT2D eigenvalue weighted by atomic mass is 16.6. The van der Waals surface area contributed by atoms with Crippen molar-refractivity contribution in [2.75, 3.05) is 19.8 Å². The van der Waals surface area contributed by atoms with Gasteiger partial charge in [-0.2, -0.15) is 0 Å². The topological polar surface area (TPSA) is 55.8 Å². The number of carbonyl (C=O) groups is 1. The first kappa shape index (κ1) is 42.6. The molecule has 1 atom stereocenters. The van der Waals surface area contributed by atoms with Gasteiger partial charge in [0.2, 0.25) is 0 Å². The number of rotatable bonds is 32. The van der Waals surface area contributed by atoms with Crippen LogP contribution in [-0.2, 0) is 14.3 Å². The molecule has 45 heavy (non-hydrogen) atoms. The predicted octanol–water partition coefficient (Wildman–Crippen LogP) is 11.6. The summed E-state index contributed by atoms with van der Waals surface area (Å²) in [5.41, 5.74) is 0. The lowest BCUT2D eigenvalue weighted by molar-refractivity contribution is -0.154. The number of ether oxygens (including phenoxy) is 2. The van der Waals surface area contributed by atoms with E-state index in [2.05, 4.69) is 98.9 Å². The zero-order valence-corrected chi connectivity index (χ0v) is 29.1. The van der Waals surface area contributed by atoms with Crippen LogP contribution in [0.25, 0.3) is 0 Å². The van der Waals surface area contributed by atoms with E-state index in [0.717, 1.165) is 77.0 Å². The zero-order chi connectivity index (χ0) is 32.7. The quantitative estimate of drug-likeness (QED) is 0.0459. The third kappa shape index (κ3) is 35.9. The number of hydrogen-bond donors (Lipinski definition) is 1. The first-order chi connectivity index (χ1) is 22.2. The summed E-state index contributed by atoms with van der Waals surface area (Å²) in [7, 11) is 0. The monoisotopic (exact) mass is 625 g/mol. The van der Waals surface area contributed by atoms with Gasteiger partial charge in [-0.1, -0.05) is 150 Å². The largest absolute Gasteiger partial charge is 0.457 e. The maximum Gasteiger partial charge on any atom is 0.306 e. The summed E-state index contributed by atoms with van der Waals surface area (Å²) in [6.45, 7) is 5.11. The standard InChI is InChI=1S/C41H68O4/c1-3-5-7-9-11-12-13-14-15-16-17-18-19-20-21-22-23-24-25-26-27-28-29-31-33-35-37-44-39-40(38-42)45-41(43)36-34-32-30-10-8-6-4-2/h5,7,11-12,14-15,17-18,20-21,23-24,26-27,40,42H,3-4,6,8-10,13,16,19,22,25,28-39H2,1-2H3/b7-5-,12-11-,15-14-,18-17-,21-20-,24-23-,27-26-. The highest BCUT2D eigenvalue weighted by Gasteiger charge is 2.13. The van der Waals surface area contributed by atoms with E-state index in [1.165, 1.54) is 44.9 Å². The Morgan fingerprint density at radius 2 is 1.00 bits per heavy atom. The van der Waals surface area contributed by atoms with Crippen molar-refractivity contribution in [3.63, 3.8) is 0 Å². The average Bonchev–Trinajstić information content (AvgIpc) is 3.05. The number of aliphatic hydroxyl groups excluding tert-OH is 1. The van der Waals surface area contributed by atoms with Gasteiger partial charge in [-0.05, 0) is 70.6 Å². The van der Waals surface area contributed by atoms with Crippen LogP contribution >= 0.6 is 0 Å². The van der Waals surface area contributed by atoms with E-state index in [9.17, 15) is 9.90 Å². The van der Waals surface area contributed by atoms with Gasteiger partial charge in [0, 0.05) is 13.0 Å². The third-order valence-electron chi connectivity index (χ3n) is 7.23. The molecular formula is C41H68O4. The lowest BCUT2D eigenvalue weighted by Gasteiger charge is -2.15. The summed E-state index contributed by atoms with van der Waals surface area (Å²) in [6.07, 6.45) is 52.1. The summed E-state index contributed by atoms with van der Waals surface area (Å²) in [5, 5.41) is 9.49. The Kier molecular flexibility index (Phi) is 35.7. The third-order valence-corrected chi connectivity index (χ3v) is 7.23. The van der Waals surface area contributed by atoms with Crippen LogP contribution in [0.3, 0.4) is 0 Å². The van der Waals surface area contributed by atoms with Crippen molar-refractivity contribution in [3.8, 4) is 0 Å². The highest BCUT2D eigenvalue weighted by molar-refractivity contribution is 5.69. The van der Waals surface area contributed by atoms with E-state index in [-0.39, 0.29) is 19.2 Å². The zero-order valence-electron chi connectivity index (χ0n) is 29.1. The second kappa shape index (κ2) is 37.8. The minimum atomic E-state index is -0.548. The molecule has 0 aliphatic rings. The van der Waals surface area contributed by atoms with Crippen molar-refractivity contribution in [3.05, 3.63) is 85.1 Å². The first-order valence-electron chi connectivity index (χ1n) is 18.2. The van der Waals surface area contributed by atoms with Crippen LogP contribution in [0.4, 0.5) is 0 Å². The Hall–Kier alpha value is -2.43. The SMILES string of the molecule is CC/C=C\C/C=C\C/C=C\C/C=C\C/C=C\C/C=C\C/C=C\CCCCCCOCC(CO)OC(=O)CCCCCCCCC. The summed E-state index contributed by atoms with van der Waals surface area (Å²) >= 11 is 0. The van der Waals surface area contributed by atoms with E-state index in [4.69, 9.17) is 9.47 Å². The molecule has 0 saturated heterocycles. The van der Waals surface area contributed by atoms with Crippen LogP contribution in [0.5, 0.6) is 0 Å². The van der Waals surface area contributed by atoms with Gasteiger partial charge in [0.15, 0.2) is 0 Å². The minimum absolute atomic E-state index is 0.187. The van der Waals surface area contributed by atoms with Crippen molar-refractivity contribution in [1.82, 2.24) is 0 Å².